The van der Waals surface area contributed by atoms with E-state index in [9.17, 15) is 14.4 Å². The zero-order chi connectivity index (χ0) is 21.0. The van der Waals surface area contributed by atoms with Crippen molar-refractivity contribution >= 4 is 40.8 Å². The van der Waals surface area contributed by atoms with Gasteiger partial charge in [0.05, 0.1) is 9.75 Å². The van der Waals surface area contributed by atoms with E-state index in [-0.39, 0.29) is 28.0 Å². The van der Waals surface area contributed by atoms with Gasteiger partial charge in [-0.1, -0.05) is 20.8 Å². The van der Waals surface area contributed by atoms with Gasteiger partial charge < -0.3 is 4.90 Å². The second kappa shape index (κ2) is 7.30. The summed E-state index contributed by atoms with van der Waals surface area (Å²) in [6.07, 6.45) is 4.41. The molecule has 1 aromatic rings. The number of aryl methyl sites for hydroxylation is 1. The van der Waals surface area contributed by atoms with Crippen molar-refractivity contribution in [1.29, 1.82) is 0 Å². The van der Waals surface area contributed by atoms with Crippen molar-refractivity contribution in [3.05, 3.63) is 21.4 Å². The molecule has 6 nitrogen and oxygen atoms in total. The zero-order valence-corrected chi connectivity index (χ0v) is 19.1. The molecule has 0 bridgehead atoms. The van der Waals surface area contributed by atoms with E-state index < -0.39 is 6.04 Å². The van der Waals surface area contributed by atoms with Gasteiger partial charge in [0, 0.05) is 17.1 Å². The van der Waals surface area contributed by atoms with Crippen LogP contribution in [0.25, 0.3) is 0 Å². The number of carbonyl (C=O) groups is 3. The van der Waals surface area contributed by atoms with Crippen LogP contribution in [0.15, 0.2) is 6.07 Å². The molecule has 2 aliphatic heterocycles. The van der Waals surface area contributed by atoms with Crippen LogP contribution in [0.1, 0.15) is 67.1 Å². The Morgan fingerprint density at radius 1 is 1.24 bits per heavy atom. The highest BCUT2D eigenvalue weighted by Crippen LogP contribution is 2.47. The summed E-state index contributed by atoms with van der Waals surface area (Å²) in [5.74, 6) is 0.590. The minimum absolute atomic E-state index is 0.0170. The molecule has 8 heteroatoms. The maximum Gasteiger partial charge on any atom is 0.279 e. The van der Waals surface area contributed by atoms with Crippen molar-refractivity contribution in [2.24, 2.45) is 11.3 Å². The van der Waals surface area contributed by atoms with E-state index in [1.54, 1.807) is 16.7 Å². The molecule has 1 aromatic heterocycles. The lowest BCUT2D eigenvalue weighted by Crippen LogP contribution is -2.54. The fourth-order valence-corrected chi connectivity index (χ4v) is 7.19. The predicted octanol–water partition coefficient (Wildman–Crippen LogP) is 3.11. The summed E-state index contributed by atoms with van der Waals surface area (Å²) in [7, 11) is 0. The summed E-state index contributed by atoms with van der Waals surface area (Å²) in [6, 6.07) is 1.45. The Labute approximate surface area is 180 Å². The molecule has 3 atom stereocenters. The van der Waals surface area contributed by atoms with Crippen LogP contribution < -0.4 is 10.9 Å². The fourth-order valence-electron chi connectivity index (χ4n) is 4.65. The number of carbonyl (C=O) groups excluding carboxylic acids is 3. The molecule has 29 heavy (non-hydrogen) atoms. The monoisotopic (exact) mass is 435 g/mol. The molecule has 2 N–H and O–H groups in total. The van der Waals surface area contributed by atoms with Crippen LogP contribution in [-0.2, 0) is 22.4 Å². The molecule has 0 radical (unpaired) electrons. The van der Waals surface area contributed by atoms with Crippen LogP contribution in [0, 0.1) is 11.3 Å². The molecule has 1 aliphatic carbocycles. The SMILES string of the molecule is CC(C)(C)[C@@H]1CCc2sc(C(=O)NNC(=O)[C@@H]3CS[C@@]4(C)CCC(=O)N34)cc2C1. The van der Waals surface area contributed by atoms with Crippen molar-refractivity contribution in [3.8, 4) is 0 Å². The number of thioether (sulfide) groups is 1. The number of nitrogens with zero attached hydrogens (tertiary/aromatic N) is 1. The number of hydrogen-bond donors (Lipinski definition) is 2. The number of fused-ring (bicyclic) bond motifs is 2. The highest BCUT2D eigenvalue weighted by Gasteiger charge is 2.53. The highest BCUT2D eigenvalue weighted by atomic mass is 32.2. The molecule has 2 fully saturated rings. The summed E-state index contributed by atoms with van der Waals surface area (Å²) < 4.78 is 0. The topological polar surface area (TPSA) is 78.5 Å². The van der Waals surface area contributed by atoms with Gasteiger partial charge in [-0.2, -0.15) is 0 Å². The van der Waals surface area contributed by atoms with Gasteiger partial charge in [-0.15, -0.1) is 23.1 Å². The quantitative estimate of drug-likeness (QED) is 0.700. The van der Waals surface area contributed by atoms with Crippen LogP contribution in [0.4, 0.5) is 0 Å². The Morgan fingerprint density at radius 3 is 2.72 bits per heavy atom. The molecule has 158 valence electrons. The normalized spacial score (nSPS) is 28.8. The lowest BCUT2D eigenvalue weighted by molar-refractivity contribution is -0.138. The largest absolute Gasteiger partial charge is 0.315 e. The smallest absolute Gasteiger partial charge is 0.279 e. The zero-order valence-electron chi connectivity index (χ0n) is 17.5. The van der Waals surface area contributed by atoms with Crippen LogP contribution in [-0.4, -0.2) is 39.3 Å². The van der Waals surface area contributed by atoms with Gasteiger partial charge in [0.25, 0.3) is 11.8 Å². The number of hydrogen-bond acceptors (Lipinski definition) is 5. The molecule has 0 aromatic carbocycles. The molecule has 0 saturated carbocycles. The minimum atomic E-state index is -0.524. The number of amides is 3. The van der Waals surface area contributed by atoms with Crippen LogP contribution in [0.3, 0.4) is 0 Å². The van der Waals surface area contributed by atoms with Crippen molar-refractivity contribution in [3.63, 3.8) is 0 Å². The summed E-state index contributed by atoms with van der Waals surface area (Å²) in [5.41, 5.74) is 6.63. The van der Waals surface area contributed by atoms with E-state index in [2.05, 4.69) is 31.6 Å². The van der Waals surface area contributed by atoms with Gasteiger partial charge >= 0.3 is 0 Å². The maximum atomic E-state index is 12.6. The number of hydrazine groups is 1. The third kappa shape index (κ3) is 3.81. The Balaban J connectivity index is 1.37. The van der Waals surface area contributed by atoms with E-state index in [4.69, 9.17) is 0 Å². The van der Waals surface area contributed by atoms with E-state index in [1.165, 1.54) is 21.8 Å². The van der Waals surface area contributed by atoms with Gasteiger partial charge in [0.2, 0.25) is 5.91 Å². The minimum Gasteiger partial charge on any atom is -0.315 e. The van der Waals surface area contributed by atoms with E-state index in [0.717, 1.165) is 25.7 Å². The summed E-state index contributed by atoms with van der Waals surface area (Å²) in [4.78, 5) is 40.8. The van der Waals surface area contributed by atoms with Crippen molar-refractivity contribution in [2.45, 2.75) is 70.7 Å². The van der Waals surface area contributed by atoms with E-state index in [1.807, 2.05) is 13.0 Å². The van der Waals surface area contributed by atoms with Crippen LogP contribution in [0.2, 0.25) is 0 Å². The lowest BCUT2D eigenvalue weighted by Gasteiger charge is -2.33. The Morgan fingerprint density at radius 2 is 2.00 bits per heavy atom. The van der Waals surface area contributed by atoms with Crippen LogP contribution in [0.5, 0.6) is 0 Å². The Bertz CT molecular complexity index is 860. The molecular weight excluding hydrogens is 406 g/mol. The summed E-state index contributed by atoms with van der Waals surface area (Å²) in [6.45, 7) is 8.83. The van der Waals surface area contributed by atoms with Crippen molar-refractivity contribution < 1.29 is 14.4 Å². The first kappa shape index (κ1) is 20.7. The number of rotatable bonds is 2. The molecular formula is C21H29N3O3S2. The average Bonchev–Trinajstić information content (AvgIpc) is 3.31. The second-order valence-corrected chi connectivity index (χ2v) is 12.2. The first-order valence-electron chi connectivity index (χ1n) is 10.3. The third-order valence-corrected chi connectivity index (χ3v) is 9.32. The fraction of sp³-hybridized carbons (Fsp3) is 0.667. The second-order valence-electron chi connectivity index (χ2n) is 9.57. The Kier molecular flexibility index (Phi) is 5.22. The maximum absolute atomic E-state index is 12.6. The summed E-state index contributed by atoms with van der Waals surface area (Å²) >= 11 is 3.16. The van der Waals surface area contributed by atoms with Gasteiger partial charge in [-0.25, -0.2) is 0 Å². The number of nitrogens with one attached hydrogen (secondary N) is 2. The molecule has 3 heterocycles. The molecule has 2 saturated heterocycles. The first-order chi connectivity index (χ1) is 13.6. The van der Waals surface area contributed by atoms with Crippen molar-refractivity contribution in [2.75, 3.05) is 5.75 Å². The molecule has 0 spiro atoms. The van der Waals surface area contributed by atoms with Gasteiger partial charge in [-0.3, -0.25) is 25.2 Å². The lowest BCUT2D eigenvalue weighted by atomic mass is 9.72. The van der Waals surface area contributed by atoms with Crippen molar-refractivity contribution in [1.82, 2.24) is 15.8 Å². The average molecular weight is 436 g/mol. The third-order valence-electron chi connectivity index (χ3n) is 6.58. The number of thiophene rings is 1. The van der Waals surface area contributed by atoms with Gasteiger partial charge in [0.15, 0.2) is 0 Å². The first-order valence-corrected chi connectivity index (χ1v) is 12.1. The molecule has 3 amide bonds. The predicted molar refractivity (Wildman–Crippen MR) is 116 cm³/mol. The van der Waals surface area contributed by atoms with Gasteiger partial charge in [-0.05, 0) is 55.6 Å². The molecule has 0 unspecified atom stereocenters. The molecule has 3 aliphatic rings. The van der Waals surface area contributed by atoms with Crippen LogP contribution >= 0.6 is 23.1 Å². The Hall–Kier alpha value is -1.54. The standard InChI is InChI=1S/C21H29N3O3S2/c1-20(2,3)13-5-6-15-12(9-13)10-16(29-15)19(27)23-22-18(26)14-11-28-21(4)8-7-17(25)24(14)21/h10,13-14H,5-9,11H2,1-4H3,(H,22,26)(H,23,27)/t13-,14+,21+/m1/s1. The van der Waals surface area contributed by atoms with E-state index in [0.29, 0.717) is 23.0 Å². The highest BCUT2D eigenvalue weighted by molar-refractivity contribution is 8.01. The summed E-state index contributed by atoms with van der Waals surface area (Å²) in [5, 5.41) is 0. The molecule has 4 rings (SSSR count). The van der Waals surface area contributed by atoms with Gasteiger partial charge in [0.1, 0.15) is 6.04 Å². The van der Waals surface area contributed by atoms with E-state index >= 15 is 0 Å².